The third-order valence-corrected chi connectivity index (χ3v) is 4.30. The molecule has 18 heavy (non-hydrogen) atoms. The van der Waals surface area contributed by atoms with Crippen molar-refractivity contribution in [2.75, 3.05) is 6.54 Å². The Balaban J connectivity index is 2.31. The summed E-state index contributed by atoms with van der Waals surface area (Å²) in [5.41, 5.74) is 8.04. The van der Waals surface area contributed by atoms with E-state index in [1.54, 1.807) is 11.3 Å². The quantitative estimate of drug-likeness (QED) is 0.869. The molecule has 0 spiro atoms. The fourth-order valence-electron chi connectivity index (χ4n) is 2.26. The van der Waals surface area contributed by atoms with Crippen LogP contribution in [-0.4, -0.2) is 11.7 Å². The minimum atomic E-state index is -0.523. The molecule has 0 radical (unpaired) electrons. The van der Waals surface area contributed by atoms with Crippen molar-refractivity contribution in [2.24, 2.45) is 5.73 Å². The summed E-state index contributed by atoms with van der Waals surface area (Å²) in [5.74, 6) is -0.0160. The molecule has 1 aromatic carbocycles. The summed E-state index contributed by atoms with van der Waals surface area (Å²) in [6, 6.07) is 12.1. The number of thiophene rings is 1. The summed E-state index contributed by atoms with van der Waals surface area (Å²) >= 11 is 1.65. The molecule has 3 N–H and O–H groups in total. The van der Waals surface area contributed by atoms with Crippen LogP contribution in [0.15, 0.2) is 41.8 Å². The number of rotatable bonds is 5. The molecule has 0 aliphatic heterocycles. The maximum absolute atomic E-state index is 10.6. The van der Waals surface area contributed by atoms with Gasteiger partial charge in [-0.15, -0.1) is 11.3 Å². The molecule has 3 heteroatoms. The standard InChI is InChI=1S/C15H19NOS/c1-2-11-6-3-4-7-12(11)15(17)13(10-16)14-8-5-9-18-14/h3-9,13,15,17H,2,10,16H2,1H3. The van der Waals surface area contributed by atoms with E-state index >= 15 is 0 Å². The number of nitrogens with two attached hydrogens (primary N) is 1. The monoisotopic (exact) mass is 261 g/mol. The molecule has 0 aliphatic rings. The highest BCUT2D eigenvalue weighted by atomic mass is 32.1. The number of hydrogen-bond donors (Lipinski definition) is 2. The first-order chi connectivity index (χ1) is 8.77. The van der Waals surface area contributed by atoms with E-state index in [2.05, 4.69) is 13.0 Å². The van der Waals surface area contributed by atoms with E-state index in [0.29, 0.717) is 6.54 Å². The predicted molar refractivity (Wildman–Crippen MR) is 76.9 cm³/mol. The van der Waals surface area contributed by atoms with Crippen LogP contribution in [0.5, 0.6) is 0 Å². The van der Waals surface area contributed by atoms with Crippen molar-refractivity contribution in [2.45, 2.75) is 25.4 Å². The minimum absolute atomic E-state index is 0.0160. The molecule has 0 aliphatic carbocycles. The lowest BCUT2D eigenvalue weighted by Crippen LogP contribution is -2.20. The Morgan fingerprint density at radius 1 is 1.22 bits per heavy atom. The van der Waals surface area contributed by atoms with Crippen molar-refractivity contribution < 1.29 is 5.11 Å². The number of aliphatic hydroxyl groups is 1. The van der Waals surface area contributed by atoms with Gasteiger partial charge in [-0.25, -0.2) is 0 Å². The summed E-state index contributed by atoms with van der Waals surface area (Å²) in [6.07, 6.45) is 0.402. The molecule has 2 rings (SSSR count). The molecular weight excluding hydrogens is 242 g/mol. The molecule has 0 amide bonds. The van der Waals surface area contributed by atoms with Crippen LogP contribution in [0, 0.1) is 0 Å². The highest BCUT2D eigenvalue weighted by Crippen LogP contribution is 2.34. The first kappa shape index (κ1) is 13.3. The van der Waals surface area contributed by atoms with Crippen LogP contribution in [0.3, 0.4) is 0 Å². The normalized spacial score (nSPS) is 14.4. The van der Waals surface area contributed by atoms with E-state index in [4.69, 9.17) is 5.73 Å². The number of hydrogen-bond acceptors (Lipinski definition) is 3. The topological polar surface area (TPSA) is 46.2 Å². The molecule has 1 heterocycles. The lowest BCUT2D eigenvalue weighted by molar-refractivity contribution is 0.148. The van der Waals surface area contributed by atoms with Crippen molar-refractivity contribution in [3.8, 4) is 0 Å². The number of aryl methyl sites for hydroxylation is 1. The third kappa shape index (κ3) is 2.64. The second kappa shape index (κ2) is 6.14. The molecule has 0 bridgehead atoms. The Hall–Kier alpha value is -1.16. The Morgan fingerprint density at radius 3 is 2.61 bits per heavy atom. The van der Waals surface area contributed by atoms with Crippen LogP contribution in [0.1, 0.15) is 34.9 Å². The van der Waals surface area contributed by atoms with E-state index in [0.717, 1.165) is 16.9 Å². The van der Waals surface area contributed by atoms with Gasteiger partial charge in [0, 0.05) is 17.3 Å². The molecule has 2 aromatic rings. The fraction of sp³-hybridized carbons (Fsp3) is 0.333. The fourth-order valence-corrected chi connectivity index (χ4v) is 3.14. The van der Waals surface area contributed by atoms with Gasteiger partial charge in [-0.3, -0.25) is 0 Å². The molecule has 1 aromatic heterocycles. The van der Waals surface area contributed by atoms with E-state index in [9.17, 15) is 5.11 Å². The lowest BCUT2D eigenvalue weighted by atomic mass is 9.90. The largest absolute Gasteiger partial charge is 0.388 e. The summed E-state index contributed by atoms with van der Waals surface area (Å²) in [5, 5.41) is 12.6. The zero-order valence-corrected chi connectivity index (χ0v) is 11.4. The SMILES string of the molecule is CCc1ccccc1C(O)C(CN)c1cccs1. The van der Waals surface area contributed by atoms with Crippen LogP contribution in [0.4, 0.5) is 0 Å². The summed E-state index contributed by atoms with van der Waals surface area (Å²) in [6.45, 7) is 2.56. The van der Waals surface area contributed by atoms with Crippen molar-refractivity contribution >= 4 is 11.3 Å². The van der Waals surface area contributed by atoms with Crippen molar-refractivity contribution in [1.29, 1.82) is 0 Å². The highest BCUT2D eigenvalue weighted by Gasteiger charge is 2.23. The molecule has 0 fully saturated rings. The molecule has 0 saturated heterocycles. The van der Waals surface area contributed by atoms with Gasteiger partial charge in [-0.2, -0.15) is 0 Å². The zero-order chi connectivity index (χ0) is 13.0. The van der Waals surface area contributed by atoms with Gasteiger partial charge < -0.3 is 10.8 Å². The lowest BCUT2D eigenvalue weighted by Gasteiger charge is -2.22. The van der Waals surface area contributed by atoms with E-state index in [1.807, 2.05) is 35.7 Å². The molecule has 0 saturated carbocycles. The summed E-state index contributed by atoms with van der Waals surface area (Å²) in [4.78, 5) is 1.15. The maximum Gasteiger partial charge on any atom is 0.0881 e. The van der Waals surface area contributed by atoms with Gasteiger partial charge >= 0.3 is 0 Å². The highest BCUT2D eigenvalue weighted by molar-refractivity contribution is 7.10. The Bertz CT molecular complexity index is 481. The summed E-state index contributed by atoms with van der Waals surface area (Å²) < 4.78 is 0. The predicted octanol–water partition coefficient (Wildman–Crippen LogP) is 3.09. The third-order valence-electron chi connectivity index (χ3n) is 3.30. The van der Waals surface area contributed by atoms with Gasteiger partial charge in [-0.05, 0) is 29.0 Å². The second-order valence-corrected chi connectivity index (χ2v) is 5.33. The van der Waals surface area contributed by atoms with Crippen LogP contribution >= 0.6 is 11.3 Å². The second-order valence-electron chi connectivity index (χ2n) is 4.35. The Morgan fingerprint density at radius 2 is 2.00 bits per heavy atom. The van der Waals surface area contributed by atoms with Crippen LogP contribution in [0.2, 0.25) is 0 Å². The van der Waals surface area contributed by atoms with Gasteiger partial charge in [0.15, 0.2) is 0 Å². The van der Waals surface area contributed by atoms with E-state index < -0.39 is 6.10 Å². The van der Waals surface area contributed by atoms with Gasteiger partial charge in [0.25, 0.3) is 0 Å². The van der Waals surface area contributed by atoms with E-state index in [1.165, 1.54) is 5.56 Å². The van der Waals surface area contributed by atoms with Crippen molar-refractivity contribution in [1.82, 2.24) is 0 Å². The average molecular weight is 261 g/mol. The van der Waals surface area contributed by atoms with Crippen molar-refractivity contribution in [3.63, 3.8) is 0 Å². The van der Waals surface area contributed by atoms with Crippen LogP contribution < -0.4 is 5.73 Å². The molecule has 2 nitrogen and oxygen atoms in total. The number of aliphatic hydroxyl groups excluding tert-OH is 1. The van der Waals surface area contributed by atoms with Gasteiger partial charge in [0.2, 0.25) is 0 Å². The van der Waals surface area contributed by atoms with Gasteiger partial charge in [0.1, 0.15) is 0 Å². The van der Waals surface area contributed by atoms with E-state index in [-0.39, 0.29) is 5.92 Å². The molecule has 2 unspecified atom stereocenters. The maximum atomic E-state index is 10.6. The van der Waals surface area contributed by atoms with Gasteiger partial charge in [0.05, 0.1) is 6.10 Å². The molecule has 2 atom stereocenters. The molecule has 96 valence electrons. The van der Waals surface area contributed by atoms with Crippen LogP contribution in [0.25, 0.3) is 0 Å². The first-order valence-electron chi connectivity index (χ1n) is 6.27. The Kier molecular flexibility index (Phi) is 4.53. The first-order valence-corrected chi connectivity index (χ1v) is 7.15. The zero-order valence-electron chi connectivity index (χ0n) is 10.5. The number of benzene rings is 1. The Labute approximate surface area is 112 Å². The molecular formula is C15H19NOS. The van der Waals surface area contributed by atoms with Crippen molar-refractivity contribution in [3.05, 3.63) is 57.8 Å². The minimum Gasteiger partial charge on any atom is -0.388 e. The van der Waals surface area contributed by atoms with Crippen LogP contribution in [-0.2, 0) is 6.42 Å². The summed E-state index contributed by atoms with van der Waals surface area (Å²) in [7, 11) is 0. The van der Waals surface area contributed by atoms with Gasteiger partial charge in [-0.1, -0.05) is 37.3 Å². The smallest absolute Gasteiger partial charge is 0.0881 e. The average Bonchev–Trinajstić information content (AvgIpc) is 2.93.